The van der Waals surface area contributed by atoms with E-state index in [0.717, 1.165) is 62.0 Å². The van der Waals surface area contributed by atoms with Crippen LogP contribution in [0, 0.1) is 0 Å². The van der Waals surface area contributed by atoms with Crippen LogP contribution in [0.3, 0.4) is 0 Å². The molecular formula is C24H28BrF3N2OS. The molecule has 2 aromatic carbocycles. The van der Waals surface area contributed by atoms with Gasteiger partial charge in [-0.25, -0.2) is 4.99 Å². The fraction of sp³-hybridized carbons (Fsp3) is 0.375. The molecule has 1 heterocycles. The zero-order valence-corrected chi connectivity index (χ0v) is 20.5. The Morgan fingerprint density at radius 1 is 1.00 bits per heavy atom. The highest BCUT2D eigenvalue weighted by Gasteiger charge is 2.30. The van der Waals surface area contributed by atoms with Gasteiger partial charge in [-0.3, -0.25) is 0 Å². The summed E-state index contributed by atoms with van der Waals surface area (Å²) in [6.45, 7) is 3.02. The SMILES string of the molecule is Br.CCc1ccc(-c2csc(=Nc3cccc(C(F)(F)F)c3)n2CCCCCCO)cc1. The van der Waals surface area contributed by atoms with E-state index in [1.165, 1.54) is 23.0 Å². The molecule has 0 saturated carbocycles. The molecule has 0 bridgehead atoms. The van der Waals surface area contributed by atoms with Gasteiger partial charge >= 0.3 is 6.18 Å². The Balaban J connectivity index is 0.00000363. The topological polar surface area (TPSA) is 37.5 Å². The first kappa shape index (κ1) is 26.4. The van der Waals surface area contributed by atoms with E-state index in [1.54, 1.807) is 6.07 Å². The number of rotatable bonds is 9. The standard InChI is InChI=1S/C24H27F3N2OS.BrH/c1-2-18-10-12-19(13-11-18)22-17-31-23(29(22)14-5-3-4-6-15-30)28-21-9-7-8-20(16-21)24(25,26)27;/h7-13,16-17,30H,2-6,14-15H2,1H3;1H. The Morgan fingerprint density at radius 3 is 2.38 bits per heavy atom. The van der Waals surface area contributed by atoms with Crippen LogP contribution < -0.4 is 4.80 Å². The zero-order chi connectivity index (χ0) is 22.3. The van der Waals surface area contributed by atoms with E-state index in [2.05, 4.69) is 40.7 Å². The van der Waals surface area contributed by atoms with Gasteiger partial charge in [-0.1, -0.05) is 50.1 Å². The predicted molar refractivity (Wildman–Crippen MR) is 130 cm³/mol. The predicted octanol–water partition coefficient (Wildman–Crippen LogP) is 7.16. The van der Waals surface area contributed by atoms with Crippen LogP contribution >= 0.6 is 28.3 Å². The third-order valence-corrected chi connectivity index (χ3v) is 6.01. The molecule has 0 fully saturated rings. The number of hydrogen-bond donors (Lipinski definition) is 1. The maximum absolute atomic E-state index is 13.1. The van der Waals surface area contributed by atoms with Crippen LogP contribution in [0.1, 0.15) is 43.7 Å². The van der Waals surface area contributed by atoms with Gasteiger partial charge in [0.1, 0.15) is 0 Å². The van der Waals surface area contributed by atoms with Gasteiger partial charge in [-0.2, -0.15) is 13.2 Å². The Bertz CT molecular complexity index is 1040. The van der Waals surface area contributed by atoms with Crippen LogP contribution in [0.4, 0.5) is 18.9 Å². The number of halogens is 4. The van der Waals surface area contributed by atoms with Crippen LogP contribution in [0.5, 0.6) is 0 Å². The van der Waals surface area contributed by atoms with Crippen molar-refractivity contribution >= 4 is 34.0 Å². The van der Waals surface area contributed by atoms with Gasteiger partial charge in [0, 0.05) is 18.5 Å². The summed E-state index contributed by atoms with van der Waals surface area (Å²) in [7, 11) is 0. The molecule has 8 heteroatoms. The second kappa shape index (κ2) is 12.4. The monoisotopic (exact) mass is 528 g/mol. The average Bonchev–Trinajstić information content (AvgIpc) is 3.15. The smallest absolute Gasteiger partial charge is 0.396 e. The fourth-order valence-electron chi connectivity index (χ4n) is 3.37. The molecule has 0 aliphatic heterocycles. The minimum Gasteiger partial charge on any atom is -0.396 e. The lowest BCUT2D eigenvalue weighted by Crippen LogP contribution is -2.16. The van der Waals surface area contributed by atoms with Gasteiger partial charge < -0.3 is 9.67 Å². The van der Waals surface area contributed by atoms with E-state index < -0.39 is 11.7 Å². The molecule has 1 N–H and O–H groups in total. The number of unbranched alkanes of at least 4 members (excludes halogenated alkanes) is 3. The molecular weight excluding hydrogens is 501 g/mol. The van der Waals surface area contributed by atoms with Gasteiger partial charge in [0.2, 0.25) is 0 Å². The van der Waals surface area contributed by atoms with Gasteiger partial charge in [0.25, 0.3) is 0 Å². The van der Waals surface area contributed by atoms with E-state index in [-0.39, 0.29) is 23.6 Å². The van der Waals surface area contributed by atoms with Crippen LogP contribution in [-0.2, 0) is 19.1 Å². The second-order valence-corrected chi connectivity index (χ2v) is 8.24. The van der Waals surface area contributed by atoms with Crippen molar-refractivity contribution < 1.29 is 18.3 Å². The Morgan fingerprint density at radius 2 is 1.72 bits per heavy atom. The van der Waals surface area contributed by atoms with Gasteiger partial charge in [-0.15, -0.1) is 28.3 Å². The lowest BCUT2D eigenvalue weighted by atomic mass is 10.1. The summed E-state index contributed by atoms with van der Waals surface area (Å²) >= 11 is 1.43. The number of aliphatic hydroxyl groups excluding tert-OH is 1. The Kier molecular flexibility index (Phi) is 10.2. The minimum absolute atomic E-state index is 0. The highest BCUT2D eigenvalue weighted by atomic mass is 79.9. The van der Waals surface area contributed by atoms with Crippen molar-refractivity contribution in [3.63, 3.8) is 0 Å². The number of aryl methyl sites for hydroxylation is 1. The summed E-state index contributed by atoms with van der Waals surface area (Å²) in [4.78, 5) is 5.23. The number of nitrogens with zero attached hydrogens (tertiary/aromatic N) is 2. The van der Waals surface area contributed by atoms with E-state index in [0.29, 0.717) is 10.5 Å². The lowest BCUT2D eigenvalue weighted by Gasteiger charge is -2.10. The molecule has 0 unspecified atom stereocenters. The third kappa shape index (κ3) is 7.05. The molecule has 0 aliphatic rings. The first-order valence-electron chi connectivity index (χ1n) is 10.5. The number of thiazole rings is 1. The Labute approximate surface area is 201 Å². The van der Waals surface area contributed by atoms with Crippen molar-refractivity contribution in [1.29, 1.82) is 0 Å². The van der Waals surface area contributed by atoms with Crippen molar-refractivity contribution in [3.8, 4) is 11.3 Å². The van der Waals surface area contributed by atoms with E-state index >= 15 is 0 Å². The van der Waals surface area contributed by atoms with E-state index in [1.807, 2.05) is 5.38 Å². The van der Waals surface area contributed by atoms with Crippen LogP contribution in [0.2, 0.25) is 0 Å². The molecule has 3 aromatic rings. The molecule has 0 saturated heterocycles. The van der Waals surface area contributed by atoms with Crippen molar-refractivity contribution in [2.45, 2.75) is 51.7 Å². The van der Waals surface area contributed by atoms with Crippen molar-refractivity contribution in [1.82, 2.24) is 4.57 Å². The maximum atomic E-state index is 13.1. The highest BCUT2D eigenvalue weighted by molar-refractivity contribution is 8.93. The summed E-state index contributed by atoms with van der Waals surface area (Å²) in [5.41, 5.74) is 2.92. The second-order valence-electron chi connectivity index (χ2n) is 7.40. The van der Waals surface area contributed by atoms with Gasteiger partial charge in [0.05, 0.1) is 16.9 Å². The first-order chi connectivity index (χ1) is 14.9. The summed E-state index contributed by atoms with van der Waals surface area (Å²) < 4.78 is 41.3. The highest BCUT2D eigenvalue weighted by Crippen LogP contribution is 2.31. The summed E-state index contributed by atoms with van der Waals surface area (Å²) in [5.74, 6) is 0. The molecule has 0 aliphatic carbocycles. The number of hydrogen-bond acceptors (Lipinski definition) is 3. The number of benzene rings is 2. The summed E-state index contributed by atoms with van der Waals surface area (Å²) in [6, 6.07) is 13.5. The van der Waals surface area contributed by atoms with Crippen molar-refractivity contribution in [2.75, 3.05) is 6.61 Å². The van der Waals surface area contributed by atoms with Gasteiger partial charge in [-0.05, 0) is 48.6 Å². The van der Waals surface area contributed by atoms with Crippen LogP contribution in [0.15, 0.2) is 58.9 Å². The molecule has 174 valence electrons. The van der Waals surface area contributed by atoms with Crippen LogP contribution in [-0.4, -0.2) is 16.3 Å². The molecule has 0 atom stereocenters. The molecule has 3 rings (SSSR count). The molecule has 0 radical (unpaired) electrons. The molecule has 3 nitrogen and oxygen atoms in total. The normalized spacial score (nSPS) is 12.1. The molecule has 0 amide bonds. The molecule has 0 spiro atoms. The van der Waals surface area contributed by atoms with Crippen molar-refractivity contribution in [2.24, 2.45) is 4.99 Å². The molecule has 32 heavy (non-hydrogen) atoms. The number of aromatic nitrogens is 1. The number of alkyl halides is 3. The Hall–Kier alpha value is -1.90. The zero-order valence-electron chi connectivity index (χ0n) is 17.9. The fourth-order valence-corrected chi connectivity index (χ4v) is 4.33. The van der Waals surface area contributed by atoms with E-state index in [4.69, 9.17) is 5.11 Å². The lowest BCUT2D eigenvalue weighted by molar-refractivity contribution is -0.137. The van der Waals surface area contributed by atoms with Gasteiger partial charge in [0.15, 0.2) is 4.80 Å². The quantitative estimate of drug-likeness (QED) is 0.294. The van der Waals surface area contributed by atoms with E-state index in [9.17, 15) is 13.2 Å². The first-order valence-corrected chi connectivity index (χ1v) is 11.4. The average molecular weight is 529 g/mol. The summed E-state index contributed by atoms with van der Waals surface area (Å²) in [6.07, 6.45) is 0.177. The largest absolute Gasteiger partial charge is 0.416 e. The number of aliphatic hydroxyl groups is 1. The van der Waals surface area contributed by atoms with Crippen LogP contribution in [0.25, 0.3) is 11.3 Å². The van der Waals surface area contributed by atoms with Crippen molar-refractivity contribution in [3.05, 3.63) is 69.8 Å². The summed E-state index contributed by atoms with van der Waals surface area (Å²) in [5, 5.41) is 11.0. The maximum Gasteiger partial charge on any atom is 0.416 e. The minimum atomic E-state index is -4.39. The third-order valence-electron chi connectivity index (χ3n) is 5.14. The molecule has 1 aromatic heterocycles.